The topological polar surface area (TPSA) is 72.5 Å². The van der Waals surface area contributed by atoms with Crippen LogP contribution in [-0.4, -0.2) is 30.3 Å². The minimum Gasteiger partial charge on any atom is -0.481 e. The summed E-state index contributed by atoms with van der Waals surface area (Å²) in [4.78, 5) is 11.1. The average Bonchev–Trinajstić information content (AvgIpc) is 2.99. The van der Waals surface area contributed by atoms with Gasteiger partial charge in [-0.25, -0.2) is 0 Å². The molecule has 14 heavy (non-hydrogen) atoms. The molecule has 0 aromatic carbocycles. The molecule has 80 valence electrons. The van der Waals surface area contributed by atoms with E-state index in [9.17, 15) is 4.79 Å². The van der Waals surface area contributed by atoms with Crippen molar-refractivity contribution in [1.82, 2.24) is 0 Å². The van der Waals surface area contributed by atoms with Gasteiger partial charge in [-0.05, 0) is 31.6 Å². The molecular formula is C10H17NO3. The lowest BCUT2D eigenvalue weighted by atomic mass is 9.82. The third-order valence-electron chi connectivity index (χ3n) is 3.63. The Morgan fingerprint density at radius 3 is 2.43 bits per heavy atom. The van der Waals surface area contributed by atoms with E-state index in [2.05, 4.69) is 0 Å². The van der Waals surface area contributed by atoms with Gasteiger partial charge in [-0.3, -0.25) is 4.79 Å². The number of hydrogen-bond donors (Lipinski definition) is 2. The fourth-order valence-corrected chi connectivity index (χ4v) is 2.35. The molecule has 0 amide bonds. The monoisotopic (exact) mass is 199 g/mol. The fraction of sp³-hybridized carbons (Fsp3) is 0.900. The van der Waals surface area contributed by atoms with Gasteiger partial charge in [0.25, 0.3) is 0 Å². The summed E-state index contributed by atoms with van der Waals surface area (Å²) in [6.45, 7) is 1.46. The van der Waals surface area contributed by atoms with E-state index in [4.69, 9.17) is 15.6 Å². The van der Waals surface area contributed by atoms with Crippen LogP contribution in [0.3, 0.4) is 0 Å². The second-order valence-corrected chi connectivity index (χ2v) is 4.44. The van der Waals surface area contributed by atoms with Crippen molar-refractivity contribution < 1.29 is 14.6 Å². The first-order chi connectivity index (χ1) is 6.67. The van der Waals surface area contributed by atoms with Gasteiger partial charge in [-0.15, -0.1) is 0 Å². The standard InChI is InChI=1S/C10H17NO3/c11-8(7-1-5-14-6-2-7)10(3-4-10)9(12)13/h7-8H,1-6,11H2,(H,12,13). The van der Waals surface area contributed by atoms with E-state index in [1.54, 1.807) is 0 Å². The van der Waals surface area contributed by atoms with Crippen LogP contribution in [0.4, 0.5) is 0 Å². The third kappa shape index (κ3) is 1.53. The number of rotatable bonds is 3. The highest BCUT2D eigenvalue weighted by molar-refractivity contribution is 5.78. The summed E-state index contributed by atoms with van der Waals surface area (Å²) in [5.41, 5.74) is 5.46. The lowest BCUT2D eigenvalue weighted by Crippen LogP contribution is -2.45. The minimum atomic E-state index is -0.712. The van der Waals surface area contributed by atoms with Gasteiger partial charge in [-0.2, -0.15) is 0 Å². The van der Waals surface area contributed by atoms with E-state index < -0.39 is 11.4 Å². The smallest absolute Gasteiger partial charge is 0.311 e. The van der Waals surface area contributed by atoms with Crippen molar-refractivity contribution in [3.05, 3.63) is 0 Å². The fourth-order valence-electron chi connectivity index (χ4n) is 2.35. The summed E-state index contributed by atoms with van der Waals surface area (Å²) in [7, 11) is 0. The number of aliphatic carboxylic acids is 1. The molecule has 0 radical (unpaired) electrons. The largest absolute Gasteiger partial charge is 0.481 e. The number of carbonyl (C=O) groups is 1. The molecule has 2 aliphatic rings. The van der Waals surface area contributed by atoms with E-state index in [1.807, 2.05) is 0 Å². The summed E-state index contributed by atoms with van der Waals surface area (Å²) in [5, 5.41) is 9.09. The Morgan fingerprint density at radius 1 is 1.43 bits per heavy atom. The number of nitrogens with two attached hydrogens (primary N) is 1. The van der Waals surface area contributed by atoms with Crippen LogP contribution in [-0.2, 0) is 9.53 Å². The number of hydrogen-bond acceptors (Lipinski definition) is 3. The van der Waals surface area contributed by atoms with Gasteiger partial charge in [0.15, 0.2) is 0 Å². The number of ether oxygens (including phenoxy) is 1. The van der Waals surface area contributed by atoms with Crippen LogP contribution in [0.15, 0.2) is 0 Å². The Morgan fingerprint density at radius 2 is 2.00 bits per heavy atom. The second-order valence-electron chi connectivity index (χ2n) is 4.44. The molecule has 0 bridgehead atoms. The van der Waals surface area contributed by atoms with E-state index in [0.29, 0.717) is 5.92 Å². The molecule has 0 aromatic heterocycles. The van der Waals surface area contributed by atoms with Crippen molar-refractivity contribution in [2.75, 3.05) is 13.2 Å². The molecule has 1 aliphatic heterocycles. The van der Waals surface area contributed by atoms with Gasteiger partial charge in [0.05, 0.1) is 5.41 Å². The van der Waals surface area contributed by atoms with Crippen molar-refractivity contribution in [2.24, 2.45) is 17.1 Å². The molecule has 0 aromatic rings. The van der Waals surface area contributed by atoms with Crippen LogP contribution in [0.5, 0.6) is 0 Å². The number of carboxylic acids is 1. The van der Waals surface area contributed by atoms with Crippen LogP contribution >= 0.6 is 0 Å². The molecule has 1 atom stereocenters. The van der Waals surface area contributed by atoms with Crippen molar-refractivity contribution in [1.29, 1.82) is 0 Å². The average molecular weight is 199 g/mol. The quantitative estimate of drug-likeness (QED) is 0.698. The third-order valence-corrected chi connectivity index (χ3v) is 3.63. The lowest BCUT2D eigenvalue weighted by molar-refractivity contribution is -0.145. The Kier molecular flexibility index (Phi) is 2.49. The Balaban J connectivity index is 1.99. The van der Waals surface area contributed by atoms with Gasteiger partial charge in [-0.1, -0.05) is 0 Å². The molecule has 1 heterocycles. The molecule has 4 heteroatoms. The van der Waals surface area contributed by atoms with Gasteiger partial charge in [0.2, 0.25) is 0 Å². The Hall–Kier alpha value is -0.610. The van der Waals surface area contributed by atoms with Gasteiger partial charge >= 0.3 is 5.97 Å². The molecule has 0 spiro atoms. The van der Waals surface area contributed by atoms with E-state index in [1.165, 1.54) is 0 Å². The highest BCUT2D eigenvalue weighted by Crippen LogP contribution is 2.51. The predicted molar refractivity (Wildman–Crippen MR) is 50.8 cm³/mol. The maximum absolute atomic E-state index is 11.1. The molecule has 2 rings (SSSR count). The maximum Gasteiger partial charge on any atom is 0.311 e. The second kappa shape index (κ2) is 3.51. The Bertz CT molecular complexity index is 232. The zero-order valence-electron chi connectivity index (χ0n) is 8.24. The summed E-state index contributed by atoms with van der Waals surface area (Å²) in [6.07, 6.45) is 3.33. The van der Waals surface area contributed by atoms with Crippen LogP contribution in [0, 0.1) is 11.3 Å². The van der Waals surface area contributed by atoms with E-state index in [-0.39, 0.29) is 6.04 Å². The summed E-state index contributed by atoms with van der Waals surface area (Å²) in [5.74, 6) is -0.376. The first kappa shape index (κ1) is 9.93. The van der Waals surface area contributed by atoms with Crippen molar-refractivity contribution in [2.45, 2.75) is 31.7 Å². The SMILES string of the molecule is NC(C1CCOCC1)C1(C(=O)O)CC1. The zero-order chi connectivity index (χ0) is 10.2. The molecule has 4 nitrogen and oxygen atoms in total. The van der Waals surface area contributed by atoms with Crippen molar-refractivity contribution in [3.63, 3.8) is 0 Å². The molecule has 1 unspecified atom stereocenters. The van der Waals surface area contributed by atoms with Gasteiger partial charge in [0, 0.05) is 19.3 Å². The minimum absolute atomic E-state index is 0.177. The normalized spacial score (nSPS) is 28.4. The summed E-state index contributed by atoms with van der Waals surface area (Å²) in [6, 6.07) is -0.177. The van der Waals surface area contributed by atoms with Crippen molar-refractivity contribution >= 4 is 5.97 Å². The molecule has 1 aliphatic carbocycles. The van der Waals surface area contributed by atoms with Crippen LogP contribution in [0.2, 0.25) is 0 Å². The summed E-state index contributed by atoms with van der Waals surface area (Å²) < 4.78 is 5.24. The van der Waals surface area contributed by atoms with Crippen LogP contribution in [0.1, 0.15) is 25.7 Å². The number of carboxylic acid groups (broad SMARTS) is 1. The lowest BCUT2D eigenvalue weighted by Gasteiger charge is -2.31. The van der Waals surface area contributed by atoms with Gasteiger partial charge in [0.1, 0.15) is 0 Å². The van der Waals surface area contributed by atoms with Crippen molar-refractivity contribution in [3.8, 4) is 0 Å². The highest BCUT2D eigenvalue weighted by Gasteiger charge is 2.56. The summed E-state index contributed by atoms with van der Waals surface area (Å²) >= 11 is 0. The molecular weight excluding hydrogens is 182 g/mol. The van der Waals surface area contributed by atoms with E-state index >= 15 is 0 Å². The highest BCUT2D eigenvalue weighted by atomic mass is 16.5. The molecule has 2 fully saturated rings. The zero-order valence-corrected chi connectivity index (χ0v) is 8.24. The van der Waals surface area contributed by atoms with E-state index in [0.717, 1.165) is 38.9 Å². The first-order valence-corrected chi connectivity index (χ1v) is 5.23. The predicted octanol–water partition coefficient (Wildman–Crippen LogP) is 0.605. The Labute approximate surface area is 83.4 Å². The van der Waals surface area contributed by atoms with Crippen LogP contribution < -0.4 is 5.73 Å². The molecule has 1 saturated carbocycles. The van der Waals surface area contributed by atoms with Crippen LogP contribution in [0.25, 0.3) is 0 Å². The van der Waals surface area contributed by atoms with Gasteiger partial charge < -0.3 is 15.6 Å². The molecule has 3 N–H and O–H groups in total. The first-order valence-electron chi connectivity index (χ1n) is 5.23. The maximum atomic E-state index is 11.1. The molecule has 1 saturated heterocycles.